The number of aryl methyl sites for hydroxylation is 1. The molecular formula is C35H41N7O5. The summed E-state index contributed by atoms with van der Waals surface area (Å²) in [4.78, 5) is 56.4. The molecule has 3 aromatic rings. The van der Waals surface area contributed by atoms with E-state index in [9.17, 15) is 19.2 Å². The molecular weight excluding hydrogens is 598 g/mol. The molecule has 1 aliphatic heterocycles. The van der Waals surface area contributed by atoms with Crippen molar-refractivity contribution in [3.05, 3.63) is 71.0 Å². The lowest BCUT2D eigenvalue weighted by molar-refractivity contribution is -0.125. The highest BCUT2D eigenvalue weighted by atomic mass is 16.6. The highest BCUT2D eigenvalue weighted by Crippen LogP contribution is 2.51. The Morgan fingerprint density at radius 1 is 0.936 bits per heavy atom. The van der Waals surface area contributed by atoms with E-state index in [-0.39, 0.29) is 41.4 Å². The van der Waals surface area contributed by atoms with Crippen LogP contribution in [0.15, 0.2) is 53.2 Å². The van der Waals surface area contributed by atoms with E-state index in [1.807, 2.05) is 48.5 Å². The van der Waals surface area contributed by atoms with Crippen LogP contribution in [0.4, 0.5) is 16.2 Å². The van der Waals surface area contributed by atoms with Gasteiger partial charge in [-0.05, 0) is 96.8 Å². The zero-order chi connectivity index (χ0) is 32.9. The summed E-state index contributed by atoms with van der Waals surface area (Å²) < 4.78 is 4.74. The summed E-state index contributed by atoms with van der Waals surface area (Å²) in [5.74, 6) is -0.00687. The monoisotopic (exact) mass is 639 g/mol. The predicted molar refractivity (Wildman–Crippen MR) is 173 cm³/mol. The van der Waals surface area contributed by atoms with Crippen molar-refractivity contribution in [2.24, 2.45) is 23.7 Å². The van der Waals surface area contributed by atoms with E-state index in [4.69, 9.17) is 4.63 Å². The molecule has 4 aliphatic rings. The molecule has 12 nitrogen and oxygen atoms in total. The average Bonchev–Trinajstić information content (AvgIpc) is 3.95. The van der Waals surface area contributed by atoms with Crippen LogP contribution < -0.4 is 21.3 Å². The first kappa shape index (κ1) is 30.9. The predicted octanol–water partition coefficient (Wildman–Crippen LogP) is 4.08. The van der Waals surface area contributed by atoms with Gasteiger partial charge < -0.3 is 26.2 Å². The number of carbonyl (C=O) groups excluding carboxylic acids is 4. The van der Waals surface area contributed by atoms with Crippen molar-refractivity contribution in [2.45, 2.75) is 76.9 Å². The van der Waals surface area contributed by atoms with Crippen LogP contribution in [0, 0.1) is 30.6 Å². The molecule has 3 atom stereocenters. The number of anilines is 2. The smallest absolute Gasteiger partial charge is 0.318 e. The van der Waals surface area contributed by atoms with Gasteiger partial charge in [-0.25, -0.2) is 9.42 Å². The van der Waals surface area contributed by atoms with Crippen molar-refractivity contribution < 1.29 is 23.8 Å². The molecule has 3 aliphatic carbocycles. The molecule has 7 rings (SSSR count). The Kier molecular flexibility index (Phi) is 7.97. The second-order valence-electron chi connectivity index (χ2n) is 14.0. The third-order valence-electron chi connectivity index (χ3n) is 10.3. The van der Waals surface area contributed by atoms with Crippen molar-refractivity contribution in [1.82, 2.24) is 25.8 Å². The molecule has 12 heteroatoms. The molecule has 2 saturated carbocycles. The molecule has 246 valence electrons. The molecule has 3 fully saturated rings. The Bertz CT molecular complexity index is 1690. The molecule has 5 amide bonds. The Morgan fingerprint density at radius 2 is 1.64 bits per heavy atom. The van der Waals surface area contributed by atoms with Crippen molar-refractivity contribution in [2.75, 3.05) is 17.2 Å². The van der Waals surface area contributed by atoms with Gasteiger partial charge >= 0.3 is 6.03 Å². The van der Waals surface area contributed by atoms with Crippen LogP contribution in [0.5, 0.6) is 0 Å². The highest BCUT2D eigenvalue weighted by molar-refractivity contribution is 6.03. The number of nitrogens with zero attached hydrogens (tertiary/aromatic N) is 3. The van der Waals surface area contributed by atoms with Gasteiger partial charge in [0.2, 0.25) is 5.91 Å². The van der Waals surface area contributed by atoms with E-state index in [2.05, 4.69) is 45.4 Å². The molecule has 2 heterocycles. The third-order valence-corrected chi connectivity index (χ3v) is 10.3. The van der Waals surface area contributed by atoms with E-state index >= 15 is 0 Å². The molecule has 0 bridgehead atoms. The topological polar surface area (TPSA) is 159 Å². The van der Waals surface area contributed by atoms with Gasteiger partial charge in [-0.15, -0.1) is 0 Å². The molecule has 0 radical (unpaired) electrons. The maximum absolute atomic E-state index is 14.1. The summed E-state index contributed by atoms with van der Waals surface area (Å²) in [6, 6.07) is 13.8. The Labute approximate surface area is 273 Å². The number of carbonyl (C=O) groups is 4. The quantitative estimate of drug-likeness (QED) is 0.246. The molecule has 1 aromatic heterocycles. The summed E-state index contributed by atoms with van der Waals surface area (Å²) in [6.45, 7) is 6.17. The Morgan fingerprint density at radius 3 is 2.26 bits per heavy atom. The summed E-state index contributed by atoms with van der Waals surface area (Å²) in [6.07, 6.45) is 4.81. The number of aromatic nitrogens is 2. The van der Waals surface area contributed by atoms with Crippen molar-refractivity contribution in [1.29, 1.82) is 0 Å². The number of rotatable bonds is 11. The summed E-state index contributed by atoms with van der Waals surface area (Å²) >= 11 is 0. The fraction of sp³-hybridized carbons (Fsp3) is 0.486. The number of benzene rings is 2. The van der Waals surface area contributed by atoms with Gasteiger partial charge in [-0.2, -0.15) is 0 Å². The summed E-state index contributed by atoms with van der Waals surface area (Å²) in [5.41, 5.74) is 2.35. The lowest BCUT2D eigenvalue weighted by atomic mass is 9.88. The fourth-order valence-electron chi connectivity index (χ4n) is 7.38. The van der Waals surface area contributed by atoms with Gasteiger partial charge in [0.1, 0.15) is 17.3 Å². The molecule has 4 N–H and O–H groups in total. The number of fused-ring (bicyclic) bond motifs is 1. The molecule has 1 unspecified atom stereocenters. The number of amides is 5. The van der Waals surface area contributed by atoms with Crippen LogP contribution in [-0.2, 0) is 22.4 Å². The van der Waals surface area contributed by atoms with Gasteiger partial charge in [-0.3, -0.25) is 14.4 Å². The van der Waals surface area contributed by atoms with Crippen LogP contribution in [0.3, 0.4) is 0 Å². The Balaban J connectivity index is 1.14. The summed E-state index contributed by atoms with van der Waals surface area (Å²) in [5, 5.41) is 19.6. The molecule has 47 heavy (non-hydrogen) atoms. The number of para-hydroxylation sites is 1. The lowest BCUT2D eigenvalue weighted by Crippen LogP contribution is -2.59. The van der Waals surface area contributed by atoms with Crippen LogP contribution in [0.1, 0.15) is 66.8 Å². The minimum absolute atomic E-state index is 0.0328. The van der Waals surface area contributed by atoms with E-state index in [1.165, 1.54) is 0 Å². The van der Waals surface area contributed by atoms with Gasteiger partial charge in [0.05, 0.1) is 6.04 Å². The van der Waals surface area contributed by atoms with Crippen LogP contribution >= 0.6 is 0 Å². The molecule has 2 aromatic carbocycles. The van der Waals surface area contributed by atoms with Gasteiger partial charge in [0, 0.05) is 30.8 Å². The minimum atomic E-state index is -1.14. The summed E-state index contributed by atoms with van der Waals surface area (Å²) in [7, 11) is 0. The molecule has 1 saturated heterocycles. The van der Waals surface area contributed by atoms with Crippen LogP contribution in [-0.4, -0.2) is 63.1 Å². The Hall–Kier alpha value is -4.74. The van der Waals surface area contributed by atoms with Gasteiger partial charge in [-0.1, -0.05) is 43.3 Å². The van der Waals surface area contributed by atoms with E-state index in [0.29, 0.717) is 48.3 Å². The average molecular weight is 640 g/mol. The van der Waals surface area contributed by atoms with Crippen molar-refractivity contribution in [3.8, 4) is 0 Å². The van der Waals surface area contributed by atoms with Gasteiger partial charge in [0.15, 0.2) is 5.69 Å². The van der Waals surface area contributed by atoms with Gasteiger partial charge in [0.25, 0.3) is 11.8 Å². The van der Waals surface area contributed by atoms with E-state index < -0.39 is 17.5 Å². The number of nitrogens with one attached hydrogen (secondary N) is 4. The standard InChI is InChI=1S/C35H41N7O5/c1-19(2)27-18-42(34(46)38-27)35(33(45)37-25-7-5-4-6-8-25)16-23-13-14-26(15-24(23)17-35)36-32(44)30(28(21-9-10-21)22-11-12-22)39-31(43)29-20(3)40-47-41-29/h4-8,13-15,19,21-22,27-28,30H,9-12,16-18H2,1-3H3,(H,36,44)(H,37,45)(H,38,46)(H,39,43)/t27-,30-,35?/m0/s1. The number of urea groups is 1. The third kappa shape index (κ3) is 6.08. The first-order chi connectivity index (χ1) is 22.6. The highest BCUT2D eigenvalue weighted by Gasteiger charge is 2.54. The number of hydrogen-bond donors (Lipinski definition) is 4. The van der Waals surface area contributed by atoms with Crippen LogP contribution in [0.25, 0.3) is 0 Å². The van der Waals surface area contributed by atoms with Crippen molar-refractivity contribution >= 4 is 35.1 Å². The first-order valence-corrected chi connectivity index (χ1v) is 16.6. The fourth-order valence-corrected chi connectivity index (χ4v) is 7.38. The first-order valence-electron chi connectivity index (χ1n) is 16.6. The molecule has 0 spiro atoms. The maximum Gasteiger partial charge on any atom is 0.318 e. The van der Waals surface area contributed by atoms with E-state index in [0.717, 1.165) is 36.8 Å². The lowest BCUT2D eigenvalue weighted by Gasteiger charge is -2.36. The zero-order valence-corrected chi connectivity index (χ0v) is 26.9. The normalized spacial score (nSPS) is 22.6. The zero-order valence-electron chi connectivity index (χ0n) is 26.9. The van der Waals surface area contributed by atoms with Crippen molar-refractivity contribution in [3.63, 3.8) is 0 Å². The SMILES string of the molecule is Cc1nonc1C(=O)N[C@H](C(=O)Nc1ccc2c(c1)CC(C(=O)Nc1ccccc1)(N1C[C@@H](C(C)C)NC1=O)C2)C(C1CC1)C1CC1. The second kappa shape index (κ2) is 12.1. The second-order valence-corrected chi connectivity index (χ2v) is 14.0. The minimum Gasteiger partial charge on any atom is -0.338 e. The van der Waals surface area contributed by atoms with E-state index in [1.54, 1.807) is 11.8 Å². The van der Waals surface area contributed by atoms with Crippen LogP contribution in [0.2, 0.25) is 0 Å². The largest absolute Gasteiger partial charge is 0.338 e. The maximum atomic E-state index is 14.1. The number of hydrogen-bond acceptors (Lipinski definition) is 7.